The van der Waals surface area contributed by atoms with Gasteiger partial charge in [-0.1, -0.05) is 20.8 Å². The molecule has 0 spiro atoms. The van der Waals surface area contributed by atoms with Gasteiger partial charge < -0.3 is 15.3 Å². The third kappa shape index (κ3) is 3.73. The van der Waals surface area contributed by atoms with E-state index in [1.54, 1.807) is 7.05 Å². The Hall–Kier alpha value is -0.610. The van der Waals surface area contributed by atoms with Crippen molar-refractivity contribution in [3.8, 4) is 0 Å². The van der Waals surface area contributed by atoms with E-state index in [1.165, 1.54) is 32.4 Å². The smallest absolute Gasteiger partial charge is 0.323 e. The van der Waals surface area contributed by atoms with Gasteiger partial charge in [0.05, 0.1) is 0 Å². The number of likely N-dealkylation sites (N-methyl/N-ethyl adjacent to an activating group) is 1. The molecule has 118 valence electrons. The number of carboxylic acid groups (broad SMARTS) is 1. The minimum atomic E-state index is -0.744. The Balaban J connectivity index is 2.43. The summed E-state index contributed by atoms with van der Waals surface area (Å²) in [7, 11) is 1.76. The molecule has 0 aromatic carbocycles. The lowest BCUT2D eigenvalue weighted by Gasteiger charge is -2.29. The first-order valence-electron chi connectivity index (χ1n) is 8.12. The van der Waals surface area contributed by atoms with E-state index in [0.717, 1.165) is 13.0 Å². The van der Waals surface area contributed by atoms with Gasteiger partial charge in [0, 0.05) is 6.54 Å². The van der Waals surface area contributed by atoms with E-state index in [-0.39, 0.29) is 0 Å². The third-order valence-corrected chi connectivity index (χ3v) is 5.59. The fourth-order valence-corrected chi connectivity index (χ4v) is 3.49. The predicted octanol–water partition coefficient (Wildman–Crippen LogP) is 2.73. The SMILES string of the molecule is CCC1(CC)CCN(CCCC(CC)(NC)C(=O)O)C1. The van der Waals surface area contributed by atoms with Crippen molar-refractivity contribution in [1.29, 1.82) is 0 Å². The monoisotopic (exact) mass is 284 g/mol. The number of hydrogen-bond donors (Lipinski definition) is 2. The fraction of sp³-hybridized carbons (Fsp3) is 0.938. The Morgan fingerprint density at radius 1 is 1.35 bits per heavy atom. The molecule has 0 bridgehead atoms. The van der Waals surface area contributed by atoms with E-state index >= 15 is 0 Å². The van der Waals surface area contributed by atoms with Crippen LogP contribution in [0.2, 0.25) is 0 Å². The van der Waals surface area contributed by atoms with Crippen LogP contribution < -0.4 is 5.32 Å². The van der Waals surface area contributed by atoms with Crippen LogP contribution in [0.5, 0.6) is 0 Å². The third-order valence-electron chi connectivity index (χ3n) is 5.59. The Kier molecular flexibility index (Phi) is 6.46. The van der Waals surface area contributed by atoms with Gasteiger partial charge in [0.2, 0.25) is 0 Å². The highest BCUT2D eigenvalue weighted by molar-refractivity contribution is 5.78. The molecule has 0 amide bonds. The zero-order valence-electron chi connectivity index (χ0n) is 13.7. The van der Waals surface area contributed by atoms with Gasteiger partial charge in [0.1, 0.15) is 5.54 Å². The van der Waals surface area contributed by atoms with Crippen molar-refractivity contribution < 1.29 is 9.90 Å². The maximum Gasteiger partial charge on any atom is 0.323 e. The van der Waals surface area contributed by atoms with Gasteiger partial charge >= 0.3 is 5.97 Å². The highest BCUT2D eigenvalue weighted by Gasteiger charge is 2.36. The summed E-state index contributed by atoms with van der Waals surface area (Å²) in [5.41, 5.74) is -0.232. The second-order valence-electron chi connectivity index (χ2n) is 6.33. The average molecular weight is 284 g/mol. The lowest BCUT2D eigenvalue weighted by Crippen LogP contribution is -2.50. The van der Waals surface area contributed by atoms with Crippen LogP contribution >= 0.6 is 0 Å². The van der Waals surface area contributed by atoms with Crippen LogP contribution in [0.25, 0.3) is 0 Å². The van der Waals surface area contributed by atoms with E-state index in [2.05, 4.69) is 24.1 Å². The number of likely N-dealkylation sites (tertiary alicyclic amines) is 1. The first-order chi connectivity index (χ1) is 9.47. The Morgan fingerprint density at radius 3 is 2.40 bits per heavy atom. The predicted molar refractivity (Wildman–Crippen MR) is 83.0 cm³/mol. The molecule has 2 N–H and O–H groups in total. The first-order valence-corrected chi connectivity index (χ1v) is 8.12. The summed E-state index contributed by atoms with van der Waals surface area (Å²) in [6, 6.07) is 0. The molecule has 4 heteroatoms. The van der Waals surface area contributed by atoms with E-state index in [4.69, 9.17) is 0 Å². The van der Waals surface area contributed by atoms with Gasteiger partial charge in [0.25, 0.3) is 0 Å². The van der Waals surface area contributed by atoms with Crippen LogP contribution in [-0.4, -0.2) is 48.2 Å². The number of carbonyl (C=O) groups is 1. The van der Waals surface area contributed by atoms with E-state index in [9.17, 15) is 9.90 Å². The molecular weight excluding hydrogens is 252 g/mol. The molecule has 0 saturated carbocycles. The van der Waals surface area contributed by atoms with E-state index in [0.29, 0.717) is 18.3 Å². The van der Waals surface area contributed by atoms with Gasteiger partial charge in [-0.2, -0.15) is 0 Å². The second-order valence-corrected chi connectivity index (χ2v) is 6.33. The number of hydrogen-bond acceptors (Lipinski definition) is 3. The zero-order chi connectivity index (χ0) is 15.2. The van der Waals surface area contributed by atoms with Crippen molar-refractivity contribution in [2.24, 2.45) is 5.41 Å². The van der Waals surface area contributed by atoms with Crippen molar-refractivity contribution in [1.82, 2.24) is 10.2 Å². The molecule has 1 rings (SSSR count). The maximum atomic E-state index is 11.4. The minimum absolute atomic E-state index is 0.512. The van der Waals surface area contributed by atoms with E-state index < -0.39 is 11.5 Å². The lowest BCUT2D eigenvalue weighted by atomic mass is 9.82. The van der Waals surface area contributed by atoms with Gasteiger partial charge in [-0.3, -0.25) is 4.79 Å². The van der Waals surface area contributed by atoms with Crippen LogP contribution in [0, 0.1) is 5.41 Å². The zero-order valence-corrected chi connectivity index (χ0v) is 13.7. The number of nitrogens with one attached hydrogen (secondary N) is 1. The summed E-state index contributed by atoms with van der Waals surface area (Å²) in [5, 5.41) is 12.4. The largest absolute Gasteiger partial charge is 0.480 e. The average Bonchev–Trinajstić information content (AvgIpc) is 2.88. The van der Waals surface area contributed by atoms with Gasteiger partial charge in [-0.15, -0.1) is 0 Å². The van der Waals surface area contributed by atoms with Crippen LogP contribution in [0.15, 0.2) is 0 Å². The van der Waals surface area contributed by atoms with Crippen molar-refractivity contribution >= 4 is 5.97 Å². The van der Waals surface area contributed by atoms with Crippen LogP contribution in [0.1, 0.15) is 59.3 Å². The van der Waals surface area contributed by atoms with Crippen LogP contribution in [-0.2, 0) is 4.79 Å². The molecule has 1 aliphatic rings. The standard InChI is InChI=1S/C16H32N2O2/c1-5-15(6-2)10-12-18(13-15)11-8-9-16(7-3,17-4)14(19)20/h17H,5-13H2,1-4H3,(H,19,20). The van der Waals surface area contributed by atoms with Crippen molar-refractivity contribution in [3.05, 3.63) is 0 Å². The number of nitrogens with zero attached hydrogens (tertiary/aromatic N) is 1. The normalized spacial score (nSPS) is 21.8. The molecular formula is C16H32N2O2. The second kappa shape index (κ2) is 7.41. The number of rotatable bonds is 9. The molecule has 1 heterocycles. The highest BCUT2D eigenvalue weighted by atomic mass is 16.4. The van der Waals surface area contributed by atoms with Gasteiger partial charge in [-0.25, -0.2) is 0 Å². The molecule has 1 fully saturated rings. The van der Waals surface area contributed by atoms with E-state index in [1.807, 2.05) is 6.92 Å². The number of carboxylic acids is 1. The molecule has 4 nitrogen and oxygen atoms in total. The Bertz CT molecular complexity index is 310. The summed E-state index contributed by atoms with van der Waals surface area (Å²) >= 11 is 0. The number of aliphatic carboxylic acids is 1. The molecule has 1 unspecified atom stereocenters. The summed E-state index contributed by atoms with van der Waals surface area (Å²) in [4.78, 5) is 13.9. The van der Waals surface area contributed by atoms with Crippen molar-refractivity contribution in [2.45, 2.75) is 64.8 Å². The molecule has 0 radical (unpaired) electrons. The summed E-state index contributed by atoms with van der Waals surface area (Å²) in [6.07, 6.45) is 6.09. The van der Waals surface area contributed by atoms with Crippen molar-refractivity contribution in [2.75, 3.05) is 26.7 Å². The molecule has 1 saturated heterocycles. The topological polar surface area (TPSA) is 52.6 Å². The summed E-state index contributed by atoms with van der Waals surface area (Å²) in [5.74, 6) is -0.722. The van der Waals surface area contributed by atoms with Crippen LogP contribution in [0.3, 0.4) is 0 Å². The summed E-state index contributed by atoms with van der Waals surface area (Å²) in [6.45, 7) is 9.92. The highest BCUT2D eigenvalue weighted by Crippen LogP contribution is 2.37. The molecule has 20 heavy (non-hydrogen) atoms. The molecule has 0 aliphatic carbocycles. The molecule has 1 atom stereocenters. The summed E-state index contributed by atoms with van der Waals surface area (Å²) < 4.78 is 0. The van der Waals surface area contributed by atoms with Gasteiger partial charge in [-0.05, 0) is 64.1 Å². The maximum absolute atomic E-state index is 11.4. The Labute approximate surface area is 123 Å². The molecule has 0 aromatic heterocycles. The lowest BCUT2D eigenvalue weighted by molar-refractivity contribution is -0.145. The Morgan fingerprint density at radius 2 is 2.00 bits per heavy atom. The molecule has 1 aliphatic heterocycles. The quantitative estimate of drug-likeness (QED) is 0.683. The molecule has 0 aromatic rings. The minimum Gasteiger partial charge on any atom is -0.480 e. The van der Waals surface area contributed by atoms with Crippen LogP contribution in [0.4, 0.5) is 0 Å². The van der Waals surface area contributed by atoms with Gasteiger partial charge in [0.15, 0.2) is 0 Å². The first kappa shape index (κ1) is 17.4. The fourth-order valence-electron chi connectivity index (χ4n) is 3.49. The van der Waals surface area contributed by atoms with Crippen molar-refractivity contribution in [3.63, 3.8) is 0 Å².